The number of aromatic amines is 1. The topological polar surface area (TPSA) is 84.1 Å². The van der Waals surface area contributed by atoms with Crippen molar-refractivity contribution in [3.63, 3.8) is 0 Å². The Morgan fingerprint density at radius 1 is 1.26 bits per heavy atom. The first-order chi connectivity index (χ1) is 16.3. The zero-order chi connectivity index (χ0) is 24.4. The summed E-state index contributed by atoms with van der Waals surface area (Å²) in [4.78, 5) is 32.6. The van der Waals surface area contributed by atoms with Crippen LogP contribution in [0, 0.1) is 0 Å². The third kappa shape index (κ3) is 5.14. The molecule has 2 heterocycles. The van der Waals surface area contributed by atoms with E-state index in [9.17, 15) is 9.59 Å². The van der Waals surface area contributed by atoms with Crippen molar-refractivity contribution in [2.75, 3.05) is 18.8 Å². The number of fused-ring (bicyclic) bond motifs is 1. The Bertz CT molecular complexity index is 1350. The lowest BCUT2D eigenvalue weighted by Crippen LogP contribution is -2.42. The van der Waals surface area contributed by atoms with Crippen LogP contribution in [0.1, 0.15) is 36.5 Å². The van der Waals surface area contributed by atoms with E-state index in [1.165, 1.54) is 4.57 Å². The minimum absolute atomic E-state index is 0.113. The maximum Gasteiger partial charge on any atom is 0.329 e. The van der Waals surface area contributed by atoms with Gasteiger partial charge in [-0.05, 0) is 66.1 Å². The zero-order valence-electron chi connectivity index (χ0n) is 19.1. The van der Waals surface area contributed by atoms with Crippen LogP contribution in [0.15, 0.2) is 45.3 Å². The number of rotatable bonds is 7. The van der Waals surface area contributed by atoms with E-state index in [2.05, 4.69) is 16.5 Å². The molecule has 1 aliphatic heterocycles. The van der Waals surface area contributed by atoms with Crippen LogP contribution in [-0.2, 0) is 13.1 Å². The first kappa shape index (κ1) is 25.1. The molecule has 6 nitrogen and oxygen atoms in total. The number of nitrogens with zero attached hydrogens (tertiary/aromatic N) is 2. The highest BCUT2D eigenvalue weighted by Gasteiger charge is 2.22. The molecule has 0 amide bonds. The molecule has 0 radical (unpaired) electrons. The number of H-pyrrole nitrogens is 1. The van der Waals surface area contributed by atoms with E-state index in [0.717, 1.165) is 53.3 Å². The Labute approximate surface area is 212 Å². The summed E-state index contributed by atoms with van der Waals surface area (Å²) < 4.78 is 1.19. The Morgan fingerprint density at radius 2 is 2.06 bits per heavy atom. The fourth-order valence-electron chi connectivity index (χ4n) is 4.50. The van der Waals surface area contributed by atoms with E-state index < -0.39 is 11.2 Å². The lowest BCUT2D eigenvalue weighted by atomic mass is 10.0. The molecular weight excluding hydrogens is 491 g/mol. The number of benzene rings is 2. The van der Waals surface area contributed by atoms with E-state index in [1.54, 1.807) is 30.0 Å². The maximum atomic E-state index is 13.5. The third-order valence-electron chi connectivity index (χ3n) is 6.15. The van der Waals surface area contributed by atoms with Gasteiger partial charge in [0, 0.05) is 29.0 Å². The lowest BCUT2D eigenvalue weighted by Gasteiger charge is -2.31. The van der Waals surface area contributed by atoms with E-state index in [1.807, 2.05) is 19.1 Å². The van der Waals surface area contributed by atoms with Gasteiger partial charge in [-0.15, -0.1) is 11.8 Å². The van der Waals surface area contributed by atoms with Crippen molar-refractivity contribution in [3.8, 4) is 0 Å². The molecule has 1 fully saturated rings. The van der Waals surface area contributed by atoms with Crippen LogP contribution >= 0.6 is 35.0 Å². The average Bonchev–Trinajstić information content (AvgIpc) is 2.80. The summed E-state index contributed by atoms with van der Waals surface area (Å²) in [5, 5.41) is 1.28. The van der Waals surface area contributed by atoms with E-state index in [-0.39, 0.29) is 12.6 Å². The van der Waals surface area contributed by atoms with Gasteiger partial charge in [-0.2, -0.15) is 0 Å². The second kappa shape index (κ2) is 10.7. The molecule has 3 N–H and O–H groups in total. The molecule has 0 aliphatic carbocycles. The Kier molecular flexibility index (Phi) is 7.90. The van der Waals surface area contributed by atoms with Gasteiger partial charge in [0.15, 0.2) is 0 Å². The number of nitrogens with one attached hydrogen (secondary N) is 1. The van der Waals surface area contributed by atoms with Gasteiger partial charge in [0.2, 0.25) is 0 Å². The molecule has 0 spiro atoms. The fourth-order valence-corrected chi connectivity index (χ4v) is 5.79. The van der Waals surface area contributed by atoms with Crippen LogP contribution in [0.4, 0.5) is 0 Å². The monoisotopic (exact) mass is 518 g/mol. The number of piperidine rings is 1. The van der Waals surface area contributed by atoms with Crippen LogP contribution < -0.4 is 17.0 Å². The summed E-state index contributed by atoms with van der Waals surface area (Å²) in [7, 11) is 0. The summed E-state index contributed by atoms with van der Waals surface area (Å²) in [6, 6.07) is 7.42. The predicted molar refractivity (Wildman–Crippen MR) is 143 cm³/mol. The molecule has 1 aliphatic rings. The number of aromatic nitrogens is 2. The number of hydrogen-bond acceptors (Lipinski definition) is 5. The first-order valence-electron chi connectivity index (χ1n) is 11.3. The highest BCUT2D eigenvalue weighted by molar-refractivity contribution is 7.99. The number of nitrogens with two attached hydrogens (primary N) is 1. The highest BCUT2D eigenvalue weighted by atomic mass is 35.5. The lowest BCUT2D eigenvalue weighted by molar-refractivity contribution is 0.201. The molecule has 9 heteroatoms. The van der Waals surface area contributed by atoms with E-state index in [0.29, 0.717) is 27.5 Å². The van der Waals surface area contributed by atoms with Crippen molar-refractivity contribution in [1.29, 1.82) is 0 Å². The molecule has 4 rings (SSSR count). The first-order valence-corrected chi connectivity index (χ1v) is 13.1. The molecular formula is C25H28Cl2N4O2S. The molecule has 0 saturated carbocycles. The minimum Gasteiger partial charge on any atom is -0.327 e. The van der Waals surface area contributed by atoms with Crippen molar-refractivity contribution in [2.45, 2.75) is 43.8 Å². The Morgan fingerprint density at radius 3 is 2.76 bits per heavy atom. The number of thioether (sulfide) groups is 1. The number of halogens is 2. The molecule has 34 heavy (non-hydrogen) atoms. The molecule has 2 aromatic carbocycles. The van der Waals surface area contributed by atoms with Crippen molar-refractivity contribution >= 4 is 51.9 Å². The van der Waals surface area contributed by atoms with Crippen LogP contribution in [0.3, 0.4) is 0 Å². The van der Waals surface area contributed by atoms with Crippen LogP contribution in [0.25, 0.3) is 17.0 Å². The van der Waals surface area contributed by atoms with Gasteiger partial charge in [-0.1, -0.05) is 42.8 Å². The third-order valence-corrected chi connectivity index (χ3v) is 7.80. The molecule has 1 aromatic heterocycles. The molecule has 3 aromatic rings. The summed E-state index contributed by atoms with van der Waals surface area (Å²) in [6.07, 6.45) is 3.74. The largest absolute Gasteiger partial charge is 0.329 e. The molecule has 1 saturated heterocycles. The van der Waals surface area contributed by atoms with Gasteiger partial charge >= 0.3 is 5.69 Å². The SMILES string of the molecule is C=Cc1cc2c(=O)n(Cc3cc(Cl)ccc3SCC)c(=O)[nH]c2c(Cl)c1CN1CCCC(N)C1. The Hall–Kier alpha value is -2.03. The number of hydrogen-bond donors (Lipinski definition) is 2. The summed E-state index contributed by atoms with van der Waals surface area (Å²) in [5.41, 5.74) is 8.01. The second-order valence-electron chi connectivity index (χ2n) is 8.53. The molecule has 1 unspecified atom stereocenters. The van der Waals surface area contributed by atoms with Crippen LogP contribution in [-0.4, -0.2) is 39.3 Å². The van der Waals surface area contributed by atoms with Gasteiger partial charge in [0.1, 0.15) is 0 Å². The van der Waals surface area contributed by atoms with Gasteiger partial charge in [0.05, 0.1) is 22.5 Å². The molecule has 180 valence electrons. The molecule has 1 atom stereocenters. The quantitative estimate of drug-likeness (QED) is 0.442. The van der Waals surface area contributed by atoms with Gasteiger partial charge in [-0.25, -0.2) is 4.79 Å². The summed E-state index contributed by atoms with van der Waals surface area (Å²) in [5.74, 6) is 0.862. The Balaban J connectivity index is 1.80. The second-order valence-corrected chi connectivity index (χ2v) is 10.6. The summed E-state index contributed by atoms with van der Waals surface area (Å²) >= 11 is 14.6. The smallest absolute Gasteiger partial charge is 0.327 e. The van der Waals surface area contributed by atoms with Crippen LogP contribution in [0.5, 0.6) is 0 Å². The summed E-state index contributed by atoms with van der Waals surface area (Å²) in [6.45, 7) is 8.37. The number of likely N-dealkylation sites (tertiary alicyclic amines) is 1. The van der Waals surface area contributed by atoms with E-state index >= 15 is 0 Å². The van der Waals surface area contributed by atoms with Crippen molar-refractivity contribution in [2.24, 2.45) is 5.73 Å². The highest BCUT2D eigenvalue weighted by Crippen LogP contribution is 2.30. The predicted octanol–water partition coefficient (Wildman–Crippen LogP) is 4.72. The zero-order valence-corrected chi connectivity index (χ0v) is 21.4. The van der Waals surface area contributed by atoms with Crippen molar-refractivity contribution in [3.05, 3.63) is 78.4 Å². The van der Waals surface area contributed by atoms with Crippen molar-refractivity contribution < 1.29 is 0 Å². The van der Waals surface area contributed by atoms with Gasteiger partial charge in [-0.3, -0.25) is 14.3 Å². The maximum absolute atomic E-state index is 13.5. The fraction of sp³-hybridized carbons (Fsp3) is 0.360. The molecule has 0 bridgehead atoms. The standard InChI is InChI=1S/C25H28Cl2N4O2S/c1-3-15-11-19-23(22(27)20(15)14-30-9-5-6-18(28)13-30)29-25(33)31(24(19)32)12-16-10-17(26)7-8-21(16)34-4-2/h3,7-8,10-11,18H,1,4-6,9,12-14,28H2,2H3,(H,29,33). The normalized spacial score (nSPS) is 16.8. The van der Waals surface area contributed by atoms with E-state index in [4.69, 9.17) is 28.9 Å². The van der Waals surface area contributed by atoms with Gasteiger partial charge in [0.25, 0.3) is 5.56 Å². The average molecular weight is 519 g/mol. The van der Waals surface area contributed by atoms with Crippen LogP contribution in [0.2, 0.25) is 10.0 Å². The van der Waals surface area contributed by atoms with Gasteiger partial charge < -0.3 is 10.7 Å². The van der Waals surface area contributed by atoms with Crippen molar-refractivity contribution in [1.82, 2.24) is 14.5 Å². The minimum atomic E-state index is -0.510.